The summed E-state index contributed by atoms with van der Waals surface area (Å²) in [6.07, 6.45) is 9.17. The van der Waals surface area contributed by atoms with E-state index in [1.54, 1.807) is 7.11 Å². The van der Waals surface area contributed by atoms with Gasteiger partial charge in [0.2, 0.25) is 0 Å². The van der Waals surface area contributed by atoms with Crippen molar-refractivity contribution in [1.82, 2.24) is 5.32 Å². The lowest BCUT2D eigenvalue weighted by Gasteiger charge is -2.33. The van der Waals surface area contributed by atoms with Crippen molar-refractivity contribution in [3.05, 3.63) is 47.5 Å². The van der Waals surface area contributed by atoms with E-state index in [4.69, 9.17) is 18.9 Å². The van der Waals surface area contributed by atoms with E-state index in [9.17, 15) is 4.79 Å². The number of methoxy groups -OCH3 is 1. The van der Waals surface area contributed by atoms with Crippen molar-refractivity contribution < 1.29 is 23.7 Å². The van der Waals surface area contributed by atoms with Crippen LogP contribution in [0.1, 0.15) is 80.1 Å². The quantitative estimate of drug-likeness (QED) is 0.385. The molecule has 0 bridgehead atoms. The Hall–Kier alpha value is -2.89. The number of carbonyl (C=O) groups is 1. The number of nitrogens with one attached hydrogen (secondary N) is 1. The zero-order valence-corrected chi connectivity index (χ0v) is 21.6. The molecule has 0 saturated heterocycles. The number of amides is 1. The lowest BCUT2D eigenvalue weighted by atomic mass is 9.79. The van der Waals surface area contributed by atoms with Crippen LogP contribution in [-0.4, -0.2) is 38.9 Å². The Morgan fingerprint density at radius 1 is 0.806 bits per heavy atom. The normalized spacial score (nSPS) is 21.5. The lowest BCUT2D eigenvalue weighted by Crippen LogP contribution is -2.41. The highest BCUT2D eigenvalue weighted by Gasteiger charge is 2.30. The number of carbonyl (C=O) groups excluding carboxylic acids is 1. The van der Waals surface area contributed by atoms with Gasteiger partial charge in [-0.3, -0.25) is 4.79 Å². The van der Waals surface area contributed by atoms with Gasteiger partial charge in [-0.05, 0) is 93.2 Å². The summed E-state index contributed by atoms with van der Waals surface area (Å²) < 4.78 is 23.4. The summed E-state index contributed by atoms with van der Waals surface area (Å²) in [4.78, 5) is 13.4. The van der Waals surface area contributed by atoms with E-state index in [1.807, 2.05) is 31.2 Å². The van der Waals surface area contributed by atoms with E-state index < -0.39 is 0 Å². The van der Waals surface area contributed by atoms with Crippen molar-refractivity contribution in [3.8, 4) is 23.0 Å². The summed E-state index contributed by atoms with van der Waals surface area (Å²) >= 11 is 0. The van der Waals surface area contributed by atoms with Crippen LogP contribution in [0.25, 0.3) is 0 Å². The van der Waals surface area contributed by atoms with E-state index in [1.165, 1.54) is 31.2 Å². The highest BCUT2D eigenvalue weighted by atomic mass is 16.5. The average Bonchev–Trinajstić information content (AvgIpc) is 3.82. The van der Waals surface area contributed by atoms with Crippen molar-refractivity contribution in [2.75, 3.05) is 26.9 Å². The first-order valence-corrected chi connectivity index (χ1v) is 13.7. The number of benzene rings is 2. The van der Waals surface area contributed by atoms with Gasteiger partial charge >= 0.3 is 0 Å². The second kappa shape index (κ2) is 11.4. The minimum Gasteiger partial charge on any atom is -0.493 e. The Labute approximate surface area is 214 Å². The van der Waals surface area contributed by atoms with Crippen LogP contribution in [0.4, 0.5) is 0 Å². The van der Waals surface area contributed by atoms with Gasteiger partial charge in [0, 0.05) is 17.5 Å². The Kier molecular flexibility index (Phi) is 7.88. The molecular weight excluding hydrogens is 454 g/mol. The second-order valence-electron chi connectivity index (χ2n) is 10.5. The topological polar surface area (TPSA) is 66.0 Å². The van der Waals surface area contributed by atoms with Gasteiger partial charge in [0.15, 0.2) is 23.0 Å². The standard InChI is InChI=1S/C30H39NO5/c1-3-34-28-16-22(12-14-26(28)33-2)24-6-4-5-7-25(24)31-30(32)23-13-15-27(35-18-20-8-9-20)29(17-23)36-19-21-10-11-21/h12-17,20-21,24-25H,3-11,18-19H2,1-2H3,(H,31,32)/t24-,25-/m1/s1. The molecule has 194 valence electrons. The first-order valence-electron chi connectivity index (χ1n) is 13.7. The van der Waals surface area contributed by atoms with Crippen LogP contribution in [0.5, 0.6) is 23.0 Å². The second-order valence-corrected chi connectivity index (χ2v) is 10.5. The predicted octanol–water partition coefficient (Wildman–Crippen LogP) is 6.13. The summed E-state index contributed by atoms with van der Waals surface area (Å²) in [6.45, 7) is 3.96. The smallest absolute Gasteiger partial charge is 0.251 e. The molecule has 3 aliphatic rings. The molecule has 3 fully saturated rings. The van der Waals surface area contributed by atoms with Crippen molar-refractivity contribution in [3.63, 3.8) is 0 Å². The number of rotatable bonds is 12. The molecule has 1 amide bonds. The zero-order valence-electron chi connectivity index (χ0n) is 21.6. The molecule has 0 aliphatic heterocycles. The first-order chi connectivity index (χ1) is 17.6. The largest absolute Gasteiger partial charge is 0.493 e. The van der Waals surface area contributed by atoms with Gasteiger partial charge in [-0.15, -0.1) is 0 Å². The van der Waals surface area contributed by atoms with Gasteiger partial charge in [0.1, 0.15) is 0 Å². The van der Waals surface area contributed by atoms with Crippen LogP contribution in [0, 0.1) is 11.8 Å². The summed E-state index contributed by atoms with van der Waals surface area (Å²) in [7, 11) is 1.66. The first kappa shape index (κ1) is 24.8. The minimum atomic E-state index is -0.0598. The molecule has 0 heterocycles. The molecule has 0 unspecified atom stereocenters. The molecule has 3 saturated carbocycles. The Balaban J connectivity index is 1.30. The van der Waals surface area contributed by atoms with Gasteiger partial charge in [0.05, 0.1) is 26.9 Å². The van der Waals surface area contributed by atoms with E-state index in [0.717, 1.165) is 49.5 Å². The molecule has 5 rings (SSSR count). The summed E-state index contributed by atoms with van der Waals surface area (Å²) in [5.41, 5.74) is 1.80. The SMILES string of the molecule is CCOc1cc([C@H]2CCCC[C@H]2NC(=O)c2ccc(OCC3CC3)c(OCC3CC3)c2)ccc1OC. The average molecular weight is 494 g/mol. The molecule has 0 radical (unpaired) electrons. The third-order valence-corrected chi connectivity index (χ3v) is 7.55. The van der Waals surface area contributed by atoms with Crippen molar-refractivity contribution in [2.45, 2.75) is 70.3 Å². The molecular formula is C30H39NO5. The highest BCUT2D eigenvalue weighted by Crippen LogP contribution is 2.39. The van der Waals surface area contributed by atoms with Crippen molar-refractivity contribution in [1.29, 1.82) is 0 Å². The fraction of sp³-hybridized carbons (Fsp3) is 0.567. The van der Waals surface area contributed by atoms with Gasteiger partial charge < -0.3 is 24.3 Å². The van der Waals surface area contributed by atoms with Crippen LogP contribution >= 0.6 is 0 Å². The molecule has 3 aliphatic carbocycles. The monoisotopic (exact) mass is 493 g/mol. The molecule has 6 nitrogen and oxygen atoms in total. The van der Waals surface area contributed by atoms with Crippen LogP contribution in [0.3, 0.4) is 0 Å². The van der Waals surface area contributed by atoms with Crippen LogP contribution in [0.15, 0.2) is 36.4 Å². The van der Waals surface area contributed by atoms with Crippen molar-refractivity contribution >= 4 is 5.91 Å². The molecule has 2 atom stereocenters. The number of hydrogen-bond donors (Lipinski definition) is 1. The molecule has 6 heteroatoms. The van der Waals surface area contributed by atoms with Crippen molar-refractivity contribution in [2.24, 2.45) is 11.8 Å². The molecule has 2 aromatic carbocycles. The molecule has 2 aromatic rings. The Morgan fingerprint density at radius 3 is 2.17 bits per heavy atom. The van der Waals surface area contributed by atoms with Gasteiger partial charge in [-0.1, -0.05) is 18.9 Å². The maximum atomic E-state index is 13.4. The number of ether oxygens (including phenoxy) is 4. The van der Waals surface area contributed by atoms with Crippen LogP contribution in [0.2, 0.25) is 0 Å². The van der Waals surface area contributed by atoms with Crippen LogP contribution < -0.4 is 24.3 Å². The van der Waals surface area contributed by atoms with E-state index >= 15 is 0 Å². The lowest BCUT2D eigenvalue weighted by molar-refractivity contribution is 0.0920. The van der Waals surface area contributed by atoms with Crippen LogP contribution in [-0.2, 0) is 0 Å². The molecule has 0 aromatic heterocycles. The fourth-order valence-corrected chi connectivity index (χ4v) is 5.01. The third kappa shape index (κ3) is 6.26. The maximum absolute atomic E-state index is 13.4. The third-order valence-electron chi connectivity index (χ3n) is 7.55. The fourth-order valence-electron chi connectivity index (χ4n) is 5.01. The zero-order chi connectivity index (χ0) is 24.9. The van der Waals surface area contributed by atoms with Gasteiger partial charge in [-0.25, -0.2) is 0 Å². The summed E-state index contributed by atoms with van der Waals surface area (Å²) in [6, 6.07) is 11.8. The summed E-state index contributed by atoms with van der Waals surface area (Å²) in [5.74, 6) is 4.40. The minimum absolute atomic E-state index is 0.0598. The van der Waals surface area contributed by atoms with E-state index in [2.05, 4.69) is 17.4 Å². The Morgan fingerprint density at radius 2 is 1.47 bits per heavy atom. The number of hydrogen-bond acceptors (Lipinski definition) is 5. The summed E-state index contributed by atoms with van der Waals surface area (Å²) in [5, 5.41) is 3.34. The predicted molar refractivity (Wildman–Crippen MR) is 140 cm³/mol. The van der Waals surface area contributed by atoms with Gasteiger partial charge in [-0.2, -0.15) is 0 Å². The molecule has 36 heavy (non-hydrogen) atoms. The maximum Gasteiger partial charge on any atom is 0.251 e. The highest BCUT2D eigenvalue weighted by molar-refractivity contribution is 5.95. The van der Waals surface area contributed by atoms with E-state index in [0.29, 0.717) is 36.4 Å². The Bertz CT molecular complexity index is 1050. The molecule has 1 N–H and O–H groups in total. The molecule has 0 spiro atoms. The van der Waals surface area contributed by atoms with Gasteiger partial charge in [0.25, 0.3) is 5.91 Å². The van der Waals surface area contributed by atoms with E-state index in [-0.39, 0.29) is 17.9 Å².